The van der Waals surface area contributed by atoms with Gasteiger partial charge in [0, 0.05) is 11.6 Å². The second-order valence-electron chi connectivity index (χ2n) is 3.44. The summed E-state index contributed by atoms with van der Waals surface area (Å²) in [5.74, 6) is 0.826. The predicted molar refractivity (Wildman–Crippen MR) is 65.7 cm³/mol. The molecule has 16 heavy (non-hydrogen) atoms. The van der Waals surface area contributed by atoms with Crippen LogP contribution in [0.25, 0.3) is 0 Å². The fourth-order valence-electron chi connectivity index (χ4n) is 1.42. The van der Waals surface area contributed by atoms with E-state index in [0.717, 1.165) is 22.9 Å². The van der Waals surface area contributed by atoms with E-state index in [1.54, 1.807) is 6.07 Å². The van der Waals surface area contributed by atoms with Crippen LogP contribution in [0.3, 0.4) is 0 Å². The molecule has 0 aliphatic carbocycles. The van der Waals surface area contributed by atoms with E-state index in [4.69, 9.17) is 27.6 Å². The Kier molecular flexibility index (Phi) is 3.88. The van der Waals surface area contributed by atoms with Crippen molar-refractivity contribution in [1.82, 2.24) is 5.32 Å². The van der Waals surface area contributed by atoms with Gasteiger partial charge in [-0.3, -0.25) is 0 Å². The Labute approximate surface area is 104 Å². The van der Waals surface area contributed by atoms with Gasteiger partial charge in [-0.25, -0.2) is 0 Å². The Balaban J connectivity index is 1.84. The highest BCUT2D eigenvalue weighted by molar-refractivity contribution is 6.30. The number of hydrogen-bond acceptors (Lipinski definition) is 2. The fraction of sp³-hybridized carbons (Fsp3) is 0.167. The largest absolute Gasteiger partial charge is 0.448 e. The van der Waals surface area contributed by atoms with Crippen molar-refractivity contribution >= 4 is 23.2 Å². The van der Waals surface area contributed by atoms with Gasteiger partial charge in [0.15, 0.2) is 5.22 Å². The molecule has 0 amide bonds. The van der Waals surface area contributed by atoms with Gasteiger partial charge in [0.2, 0.25) is 0 Å². The molecule has 0 aliphatic rings. The summed E-state index contributed by atoms with van der Waals surface area (Å²) in [6.45, 7) is 1.40. The average Bonchev–Trinajstić information content (AvgIpc) is 2.64. The minimum atomic E-state index is 0.416. The summed E-state index contributed by atoms with van der Waals surface area (Å²) < 4.78 is 5.22. The van der Waals surface area contributed by atoms with Gasteiger partial charge in [-0.15, -0.1) is 0 Å². The monoisotopic (exact) mass is 255 g/mol. The molecule has 1 aromatic heterocycles. The zero-order valence-electron chi connectivity index (χ0n) is 8.54. The molecular formula is C12H11Cl2NO. The molecule has 2 aromatic rings. The first-order chi connectivity index (χ1) is 7.74. The van der Waals surface area contributed by atoms with Crippen molar-refractivity contribution in [2.24, 2.45) is 0 Å². The van der Waals surface area contributed by atoms with Crippen LogP contribution in [0.4, 0.5) is 0 Å². The van der Waals surface area contributed by atoms with Crippen LogP contribution in [0.1, 0.15) is 11.3 Å². The van der Waals surface area contributed by atoms with Gasteiger partial charge in [-0.1, -0.05) is 23.7 Å². The first kappa shape index (κ1) is 11.5. The van der Waals surface area contributed by atoms with E-state index in [0.29, 0.717) is 11.8 Å². The van der Waals surface area contributed by atoms with Crippen molar-refractivity contribution in [2.75, 3.05) is 0 Å². The minimum Gasteiger partial charge on any atom is -0.448 e. The molecule has 1 aromatic carbocycles. The minimum absolute atomic E-state index is 0.416. The zero-order valence-corrected chi connectivity index (χ0v) is 10.1. The maximum Gasteiger partial charge on any atom is 0.193 e. The summed E-state index contributed by atoms with van der Waals surface area (Å²) >= 11 is 11.5. The van der Waals surface area contributed by atoms with Crippen LogP contribution < -0.4 is 5.32 Å². The summed E-state index contributed by atoms with van der Waals surface area (Å²) in [5.41, 5.74) is 1.14. The second kappa shape index (κ2) is 5.39. The van der Waals surface area contributed by atoms with Gasteiger partial charge in [-0.05, 0) is 41.4 Å². The number of furan rings is 1. The number of nitrogens with one attached hydrogen (secondary N) is 1. The molecule has 0 atom stereocenters. The molecule has 0 radical (unpaired) electrons. The Hall–Kier alpha value is -0.960. The third-order valence-electron chi connectivity index (χ3n) is 2.15. The quantitative estimate of drug-likeness (QED) is 0.898. The van der Waals surface area contributed by atoms with Gasteiger partial charge >= 0.3 is 0 Å². The van der Waals surface area contributed by atoms with E-state index >= 15 is 0 Å². The molecule has 0 spiro atoms. The molecule has 0 fully saturated rings. The van der Waals surface area contributed by atoms with Gasteiger partial charge in [0.1, 0.15) is 5.76 Å². The van der Waals surface area contributed by atoms with Gasteiger partial charge in [0.25, 0.3) is 0 Å². The van der Waals surface area contributed by atoms with Crippen LogP contribution in [-0.4, -0.2) is 0 Å². The lowest BCUT2D eigenvalue weighted by Gasteiger charge is -2.03. The third kappa shape index (κ3) is 3.27. The van der Waals surface area contributed by atoms with Crippen LogP contribution in [0, 0.1) is 0 Å². The van der Waals surface area contributed by atoms with Gasteiger partial charge in [-0.2, -0.15) is 0 Å². The number of benzene rings is 1. The topological polar surface area (TPSA) is 25.2 Å². The normalized spacial score (nSPS) is 10.6. The van der Waals surface area contributed by atoms with E-state index in [1.807, 2.05) is 30.3 Å². The molecule has 4 heteroatoms. The number of rotatable bonds is 4. The molecule has 0 saturated carbocycles. The lowest BCUT2D eigenvalue weighted by molar-refractivity contribution is 0.484. The van der Waals surface area contributed by atoms with Crippen molar-refractivity contribution in [3.63, 3.8) is 0 Å². The number of halogens is 2. The molecule has 2 rings (SSSR count). The smallest absolute Gasteiger partial charge is 0.193 e. The fourth-order valence-corrected chi connectivity index (χ4v) is 1.80. The van der Waals surface area contributed by atoms with Crippen molar-refractivity contribution in [3.05, 3.63) is 58.0 Å². The molecule has 0 unspecified atom stereocenters. The zero-order chi connectivity index (χ0) is 11.4. The van der Waals surface area contributed by atoms with Gasteiger partial charge < -0.3 is 9.73 Å². The lowest BCUT2D eigenvalue weighted by atomic mass is 10.2. The highest BCUT2D eigenvalue weighted by atomic mass is 35.5. The SMILES string of the molecule is Clc1cccc(CNCc2ccc(Cl)o2)c1. The molecule has 0 saturated heterocycles. The van der Waals surface area contributed by atoms with Crippen LogP contribution in [0.2, 0.25) is 10.2 Å². The highest BCUT2D eigenvalue weighted by Crippen LogP contribution is 2.13. The van der Waals surface area contributed by atoms with Crippen molar-refractivity contribution in [2.45, 2.75) is 13.1 Å². The third-order valence-corrected chi connectivity index (χ3v) is 2.58. The molecule has 84 valence electrons. The van der Waals surface area contributed by atoms with E-state index in [2.05, 4.69) is 5.32 Å². The van der Waals surface area contributed by atoms with Crippen molar-refractivity contribution in [1.29, 1.82) is 0 Å². The van der Waals surface area contributed by atoms with Crippen LogP contribution in [0.15, 0.2) is 40.8 Å². The summed E-state index contributed by atoms with van der Waals surface area (Å²) in [5, 5.41) is 4.41. The average molecular weight is 256 g/mol. The highest BCUT2D eigenvalue weighted by Gasteiger charge is 1.99. The molecule has 0 bridgehead atoms. The number of hydrogen-bond donors (Lipinski definition) is 1. The van der Waals surface area contributed by atoms with Crippen molar-refractivity contribution < 1.29 is 4.42 Å². The maximum atomic E-state index is 5.88. The van der Waals surface area contributed by atoms with Crippen molar-refractivity contribution in [3.8, 4) is 0 Å². The molecule has 0 aliphatic heterocycles. The standard InChI is InChI=1S/C12H11Cl2NO/c13-10-3-1-2-9(6-10)7-15-8-11-4-5-12(14)16-11/h1-6,15H,7-8H2. The molecule has 1 heterocycles. The summed E-state index contributed by atoms with van der Waals surface area (Å²) in [6.07, 6.45) is 0. The Bertz CT molecular complexity index is 468. The first-order valence-electron chi connectivity index (χ1n) is 4.93. The van der Waals surface area contributed by atoms with E-state index < -0.39 is 0 Å². The van der Waals surface area contributed by atoms with Gasteiger partial charge in [0.05, 0.1) is 6.54 Å². The van der Waals surface area contributed by atoms with Crippen LogP contribution in [0.5, 0.6) is 0 Å². The molecule has 2 nitrogen and oxygen atoms in total. The second-order valence-corrected chi connectivity index (χ2v) is 4.25. The van der Waals surface area contributed by atoms with Crippen LogP contribution in [-0.2, 0) is 13.1 Å². The molecular weight excluding hydrogens is 245 g/mol. The lowest BCUT2D eigenvalue weighted by Crippen LogP contribution is -2.11. The summed E-state index contributed by atoms with van der Waals surface area (Å²) in [4.78, 5) is 0. The Morgan fingerprint density at radius 2 is 1.94 bits per heavy atom. The maximum absolute atomic E-state index is 5.88. The van der Waals surface area contributed by atoms with Crippen LogP contribution >= 0.6 is 23.2 Å². The van der Waals surface area contributed by atoms with E-state index in [9.17, 15) is 0 Å². The van der Waals surface area contributed by atoms with E-state index in [1.165, 1.54) is 0 Å². The Morgan fingerprint density at radius 1 is 1.06 bits per heavy atom. The predicted octanol–water partition coefficient (Wildman–Crippen LogP) is 3.88. The van der Waals surface area contributed by atoms with E-state index in [-0.39, 0.29) is 0 Å². The first-order valence-corrected chi connectivity index (χ1v) is 5.69. The summed E-state index contributed by atoms with van der Waals surface area (Å²) in [6, 6.07) is 11.3. The molecule has 1 N–H and O–H groups in total. The Morgan fingerprint density at radius 3 is 2.62 bits per heavy atom. The summed E-state index contributed by atoms with van der Waals surface area (Å²) in [7, 11) is 0.